The van der Waals surface area contributed by atoms with E-state index in [9.17, 15) is 0 Å². The minimum atomic E-state index is 0. The van der Waals surface area contributed by atoms with E-state index in [1.54, 1.807) is 0 Å². The maximum absolute atomic E-state index is 0. The Hall–Kier alpha value is 1.87. The molecule has 0 unspecified atom stereocenters. The quantitative estimate of drug-likeness (QED) is 0.416. The molecule has 31 valence electrons. The first kappa shape index (κ1) is 106. The summed E-state index contributed by atoms with van der Waals surface area (Å²) < 4.78 is 0. The van der Waals surface area contributed by atoms with E-state index < -0.39 is 0 Å². The molecule has 0 amide bonds. The standard InChI is InChI=1S/Al.Mg.Mo.3O.2H/q;;+6;3*-2;;. The third-order valence-corrected chi connectivity index (χ3v) is 0. The second-order valence-corrected chi connectivity index (χ2v) is 0. The van der Waals surface area contributed by atoms with Crippen LogP contribution in [0.1, 0.15) is 0 Å². The fourth-order valence-corrected chi connectivity index (χ4v) is 0. The van der Waals surface area contributed by atoms with Crippen LogP contribution in [0.5, 0.6) is 0 Å². The van der Waals surface area contributed by atoms with Crippen LogP contribution < -0.4 is 0 Å². The molecule has 0 saturated carbocycles. The predicted molar refractivity (Wildman–Crippen MR) is 16.4 cm³/mol. The maximum Gasteiger partial charge on any atom is 6.00 e. The van der Waals surface area contributed by atoms with Crippen LogP contribution in [0.2, 0.25) is 0 Å². The van der Waals surface area contributed by atoms with Crippen LogP contribution in [-0.4, -0.2) is 40.4 Å². The number of hydrogen-bond donors (Lipinski definition) is 0. The van der Waals surface area contributed by atoms with Gasteiger partial charge in [-0.15, -0.1) is 0 Å². The van der Waals surface area contributed by atoms with Gasteiger partial charge in [0.15, 0.2) is 0 Å². The summed E-state index contributed by atoms with van der Waals surface area (Å²) in [4.78, 5) is 0. The molecule has 0 aromatic carbocycles. The molecule has 0 aliphatic rings. The summed E-state index contributed by atoms with van der Waals surface area (Å²) in [7, 11) is 0. The van der Waals surface area contributed by atoms with Crippen molar-refractivity contribution >= 4 is 40.4 Å². The fourth-order valence-electron chi connectivity index (χ4n) is 0. The summed E-state index contributed by atoms with van der Waals surface area (Å²) in [5.74, 6) is 0. The van der Waals surface area contributed by atoms with Crippen molar-refractivity contribution < 1.29 is 37.5 Å². The average Bonchev–Trinajstić information content (AvgIpc) is 0. The van der Waals surface area contributed by atoms with Crippen molar-refractivity contribution in [3.8, 4) is 0 Å². The summed E-state index contributed by atoms with van der Waals surface area (Å²) in [5.41, 5.74) is 0. The van der Waals surface area contributed by atoms with E-state index in [0.717, 1.165) is 0 Å². The molecule has 0 bridgehead atoms. The summed E-state index contributed by atoms with van der Waals surface area (Å²) in [5, 5.41) is 0. The molecule has 0 heterocycles. The minimum Gasteiger partial charge on any atom is -2.00 e. The molecule has 0 aliphatic heterocycles. The van der Waals surface area contributed by atoms with E-state index in [1.165, 1.54) is 0 Å². The van der Waals surface area contributed by atoms with Gasteiger partial charge in [0.1, 0.15) is 0 Å². The number of hydrogen-bond acceptors (Lipinski definition) is 0. The summed E-state index contributed by atoms with van der Waals surface area (Å²) in [6.45, 7) is 0. The van der Waals surface area contributed by atoms with Crippen molar-refractivity contribution in [1.29, 1.82) is 0 Å². The summed E-state index contributed by atoms with van der Waals surface area (Å²) in [6, 6.07) is 0. The molecule has 3 radical (unpaired) electrons. The van der Waals surface area contributed by atoms with Gasteiger partial charge in [0.2, 0.25) is 0 Å². The van der Waals surface area contributed by atoms with Crippen LogP contribution in [0, 0.1) is 0 Å². The molecular formula is H2AlMgMoO3. The van der Waals surface area contributed by atoms with Gasteiger partial charge in [0.05, 0.1) is 0 Å². The Morgan fingerprint density at radius 1 is 0.667 bits per heavy atom. The van der Waals surface area contributed by atoms with E-state index >= 15 is 0 Å². The van der Waals surface area contributed by atoms with Crippen LogP contribution in [0.25, 0.3) is 0 Å². The molecule has 0 aliphatic carbocycles. The van der Waals surface area contributed by atoms with Crippen LogP contribution in [-0.2, 0) is 37.5 Å². The Morgan fingerprint density at radius 3 is 0.667 bits per heavy atom. The van der Waals surface area contributed by atoms with Gasteiger partial charge >= 0.3 is 44.1 Å². The third-order valence-electron chi connectivity index (χ3n) is 0. The van der Waals surface area contributed by atoms with Crippen LogP contribution in [0.4, 0.5) is 0 Å². The average molecular weight is 197 g/mol. The van der Waals surface area contributed by atoms with Gasteiger partial charge in [-0.2, -0.15) is 0 Å². The molecule has 0 N–H and O–H groups in total. The van der Waals surface area contributed by atoms with Gasteiger partial charge in [-0.3, -0.25) is 0 Å². The monoisotopic (exact) mass is 199 g/mol. The van der Waals surface area contributed by atoms with E-state index in [1.807, 2.05) is 0 Å². The maximum atomic E-state index is 0. The summed E-state index contributed by atoms with van der Waals surface area (Å²) in [6.07, 6.45) is 0. The van der Waals surface area contributed by atoms with Gasteiger partial charge in [-0.25, -0.2) is 0 Å². The van der Waals surface area contributed by atoms with E-state index in [-0.39, 0.29) is 77.9 Å². The van der Waals surface area contributed by atoms with Gasteiger partial charge < -0.3 is 16.4 Å². The van der Waals surface area contributed by atoms with Gasteiger partial charge in [0.25, 0.3) is 0 Å². The minimum absolute atomic E-state index is 0. The zero-order valence-corrected chi connectivity index (χ0v) is 5.37. The zero-order chi connectivity index (χ0) is 0. The molecule has 0 atom stereocenters. The molecule has 0 fully saturated rings. The topological polar surface area (TPSA) is 85.5 Å². The van der Waals surface area contributed by atoms with Crippen molar-refractivity contribution in [2.24, 2.45) is 0 Å². The Labute approximate surface area is 77.3 Å². The van der Waals surface area contributed by atoms with Crippen molar-refractivity contribution in [3.05, 3.63) is 0 Å². The molecule has 0 rings (SSSR count). The second kappa shape index (κ2) is 67.8. The molecule has 0 spiro atoms. The van der Waals surface area contributed by atoms with Crippen molar-refractivity contribution in [3.63, 3.8) is 0 Å². The number of rotatable bonds is 0. The Kier molecular flexibility index (Phi) is 1200. The fraction of sp³-hybridized carbons (Fsp3) is 0. The van der Waals surface area contributed by atoms with Crippen molar-refractivity contribution in [2.75, 3.05) is 0 Å². The smallest absolute Gasteiger partial charge is 2.00 e. The second-order valence-electron chi connectivity index (χ2n) is 0. The van der Waals surface area contributed by atoms with E-state index in [2.05, 4.69) is 0 Å². The molecule has 3 nitrogen and oxygen atoms in total. The first-order chi connectivity index (χ1) is 0. The van der Waals surface area contributed by atoms with Gasteiger partial charge in [-0.05, 0) is 0 Å². The van der Waals surface area contributed by atoms with Crippen LogP contribution in [0.3, 0.4) is 0 Å². The van der Waals surface area contributed by atoms with Gasteiger partial charge in [-0.1, -0.05) is 0 Å². The van der Waals surface area contributed by atoms with E-state index in [4.69, 9.17) is 0 Å². The largest absolute Gasteiger partial charge is 6.00 e. The predicted octanol–water partition coefficient (Wildman–Crippen LogP) is -1.66. The molecule has 0 saturated heterocycles. The molecule has 0 aromatic heterocycles. The Bertz CT molecular complexity index is 10.8. The van der Waals surface area contributed by atoms with Gasteiger partial charge in [0, 0.05) is 17.4 Å². The molecule has 0 aromatic rings. The molecular weight excluding hydrogens is 195 g/mol. The van der Waals surface area contributed by atoms with Crippen molar-refractivity contribution in [1.82, 2.24) is 0 Å². The zero-order valence-electron chi connectivity index (χ0n) is 2.21. The third kappa shape index (κ3) is 39.9. The van der Waals surface area contributed by atoms with Crippen LogP contribution >= 0.6 is 0 Å². The van der Waals surface area contributed by atoms with E-state index in [0.29, 0.717) is 0 Å². The molecule has 6 heavy (non-hydrogen) atoms. The van der Waals surface area contributed by atoms with Crippen molar-refractivity contribution in [2.45, 2.75) is 0 Å². The first-order valence-corrected chi connectivity index (χ1v) is 0. The normalized spacial score (nSPS) is 0. The molecule has 6 heteroatoms. The first-order valence-electron chi connectivity index (χ1n) is 0. The van der Waals surface area contributed by atoms with Crippen LogP contribution in [0.15, 0.2) is 0 Å². The SMILES string of the molecule is [Al].[MgH2].[Mo+6].[O-2].[O-2].[O-2]. The Morgan fingerprint density at radius 2 is 0.667 bits per heavy atom. The Balaban J connectivity index is 0. The summed E-state index contributed by atoms with van der Waals surface area (Å²) >= 11 is 0.